The van der Waals surface area contributed by atoms with E-state index >= 15 is 0 Å². The monoisotopic (exact) mass is 464 g/mol. The predicted octanol–water partition coefficient (Wildman–Crippen LogP) is 3.29. The van der Waals surface area contributed by atoms with E-state index in [0.717, 1.165) is 43.1 Å². The van der Waals surface area contributed by atoms with Crippen molar-refractivity contribution in [3.8, 4) is 17.6 Å². The van der Waals surface area contributed by atoms with Crippen LogP contribution >= 0.6 is 0 Å². The largest absolute Gasteiger partial charge is 0.481 e. The zero-order valence-electron chi connectivity index (χ0n) is 19.8. The van der Waals surface area contributed by atoms with E-state index in [-0.39, 0.29) is 17.6 Å². The van der Waals surface area contributed by atoms with Gasteiger partial charge in [-0.15, -0.1) is 5.92 Å². The number of likely N-dealkylation sites (N-methyl/N-ethyl adjacent to an activating group) is 1. The van der Waals surface area contributed by atoms with Crippen LogP contribution in [-0.2, 0) is 19.6 Å². The molecule has 0 aliphatic heterocycles. The maximum Gasteiger partial charge on any atom is 0.324 e. The van der Waals surface area contributed by atoms with E-state index in [1.807, 2.05) is 0 Å². The Morgan fingerprint density at radius 2 is 1.72 bits per heavy atom. The van der Waals surface area contributed by atoms with Gasteiger partial charge in [0.1, 0.15) is 24.5 Å². The first-order chi connectivity index (χ1) is 15.2. The molecule has 1 aromatic rings. The maximum absolute atomic E-state index is 13.0. The number of ether oxygens (including phenoxy) is 2. The molecule has 0 amide bonds. The first kappa shape index (κ1) is 26.2. The molecule has 2 rings (SSSR count). The van der Waals surface area contributed by atoms with Gasteiger partial charge < -0.3 is 14.4 Å². The zero-order chi connectivity index (χ0) is 23.7. The van der Waals surface area contributed by atoms with E-state index in [0.29, 0.717) is 11.8 Å². The first-order valence-corrected chi connectivity index (χ1v) is 12.7. The van der Waals surface area contributed by atoms with Crippen LogP contribution in [0, 0.1) is 11.8 Å². The Morgan fingerprint density at radius 1 is 1.12 bits per heavy atom. The molecule has 0 unspecified atom stereocenters. The van der Waals surface area contributed by atoms with Gasteiger partial charge in [0.2, 0.25) is 10.0 Å². The third kappa shape index (κ3) is 6.71. The van der Waals surface area contributed by atoms with Gasteiger partial charge in [0, 0.05) is 13.1 Å². The van der Waals surface area contributed by atoms with Gasteiger partial charge >= 0.3 is 5.97 Å². The number of hydrogen-bond acceptors (Lipinski definition) is 6. The van der Waals surface area contributed by atoms with Crippen LogP contribution in [0.25, 0.3) is 0 Å². The van der Waals surface area contributed by atoms with Crippen molar-refractivity contribution in [1.82, 2.24) is 9.21 Å². The summed E-state index contributed by atoms with van der Waals surface area (Å²) in [6.45, 7) is 9.88. The quantitative estimate of drug-likeness (QED) is 0.391. The van der Waals surface area contributed by atoms with Gasteiger partial charge in [0.25, 0.3) is 0 Å². The average Bonchev–Trinajstić information content (AvgIpc) is 2.80. The highest BCUT2D eigenvalue weighted by Crippen LogP contribution is 2.26. The number of carbonyl (C=O) groups excluding carboxylic acids is 1. The third-order valence-electron chi connectivity index (χ3n) is 6.13. The van der Waals surface area contributed by atoms with Crippen LogP contribution < -0.4 is 4.74 Å². The second-order valence-electron chi connectivity index (χ2n) is 7.97. The van der Waals surface area contributed by atoms with Gasteiger partial charge in [-0.2, -0.15) is 4.31 Å². The van der Waals surface area contributed by atoms with Crippen molar-refractivity contribution in [2.75, 3.05) is 26.7 Å². The van der Waals surface area contributed by atoms with E-state index in [1.165, 1.54) is 19.2 Å². The Kier molecular flexibility index (Phi) is 10.0. The molecular weight excluding hydrogens is 428 g/mol. The van der Waals surface area contributed by atoms with Gasteiger partial charge in [0.05, 0.1) is 4.90 Å². The highest BCUT2D eigenvalue weighted by atomic mass is 32.2. The van der Waals surface area contributed by atoms with Crippen LogP contribution in [0.2, 0.25) is 0 Å². The highest BCUT2D eigenvalue weighted by molar-refractivity contribution is 7.89. The summed E-state index contributed by atoms with van der Waals surface area (Å²) in [7, 11) is -2.45. The summed E-state index contributed by atoms with van der Waals surface area (Å²) >= 11 is 0. The molecule has 0 saturated heterocycles. The van der Waals surface area contributed by atoms with Crippen molar-refractivity contribution in [2.45, 2.75) is 76.5 Å². The molecule has 1 saturated carbocycles. The number of esters is 1. The molecule has 32 heavy (non-hydrogen) atoms. The minimum atomic E-state index is -3.85. The predicted molar refractivity (Wildman–Crippen MR) is 125 cm³/mol. The summed E-state index contributed by atoms with van der Waals surface area (Å²) in [4.78, 5) is 15.2. The van der Waals surface area contributed by atoms with Gasteiger partial charge in [0.15, 0.2) is 0 Å². The highest BCUT2D eigenvalue weighted by Gasteiger charge is 2.33. The summed E-state index contributed by atoms with van der Waals surface area (Å²) in [5, 5.41) is 0. The van der Waals surface area contributed by atoms with E-state index in [9.17, 15) is 13.2 Å². The zero-order valence-corrected chi connectivity index (χ0v) is 20.7. The lowest BCUT2D eigenvalue weighted by Gasteiger charge is -2.36. The standard InChI is InChI=1S/C24H36N2O5S/c1-6-9-18-30-21-14-16-23(17-15-21)32(28,29)25(5)19(4)24(27)31-22-12-10-20(11-13-22)26(7-2)8-3/h14-17,19-20,22H,7-8,10-13,18H2,1-5H3/t19-,20?,22?/m1/s1. The molecule has 0 radical (unpaired) electrons. The fourth-order valence-corrected chi connectivity index (χ4v) is 5.27. The van der Waals surface area contributed by atoms with Crippen LogP contribution in [0.4, 0.5) is 0 Å². The lowest BCUT2D eigenvalue weighted by Crippen LogP contribution is -2.44. The molecule has 0 N–H and O–H groups in total. The van der Waals surface area contributed by atoms with Gasteiger partial charge in [-0.1, -0.05) is 19.8 Å². The SMILES string of the molecule is CC#CCOc1ccc(S(=O)(=O)N(C)[C@H](C)C(=O)OC2CCC(N(CC)CC)CC2)cc1. The van der Waals surface area contributed by atoms with Crippen LogP contribution in [0.1, 0.15) is 53.4 Å². The Bertz CT molecular complexity index is 893. The third-order valence-corrected chi connectivity index (χ3v) is 8.07. The minimum Gasteiger partial charge on any atom is -0.481 e. The number of carbonyl (C=O) groups is 1. The number of hydrogen-bond donors (Lipinski definition) is 0. The Morgan fingerprint density at radius 3 is 2.25 bits per heavy atom. The molecule has 1 aliphatic carbocycles. The smallest absolute Gasteiger partial charge is 0.324 e. The van der Waals surface area contributed by atoms with E-state index in [2.05, 4.69) is 30.6 Å². The van der Waals surface area contributed by atoms with Gasteiger partial charge in [-0.3, -0.25) is 4.79 Å². The van der Waals surface area contributed by atoms with E-state index in [4.69, 9.17) is 9.47 Å². The molecule has 0 spiro atoms. The van der Waals surface area contributed by atoms with E-state index in [1.54, 1.807) is 26.0 Å². The molecule has 1 aromatic carbocycles. The summed E-state index contributed by atoms with van der Waals surface area (Å²) in [6, 6.07) is 5.70. The normalized spacial score (nSPS) is 19.8. The number of nitrogens with zero attached hydrogens (tertiary/aromatic N) is 2. The molecular formula is C24H36N2O5S. The number of rotatable bonds is 10. The Balaban J connectivity index is 1.94. The van der Waals surface area contributed by atoms with Crippen molar-refractivity contribution >= 4 is 16.0 Å². The second-order valence-corrected chi connectivity index (χ2v) is 9.97. The Labute approximate surface area is 193 Å². The van der Waals surface area contributed by atoms with Gasteiger partial charge in [-0.25, -0.2) is 8.42 Å². The van der Waals surface area contributed by atoms with Crippen LogP contribution in [0.5, 0.6) is 5.75 Å². The molecule has 1 atom stereocenters. The fraction of sp³-hybridized carbons (Fsp3) is 0.625. The van der Waals surface area contributed by atoms with Crippen LogP contribution in [-0.4, -0.2) is 68.5 Å². The maximum atomic E-state index is 13.0. The van der Waals surface area contributed by atoms with Crippen molar-refractivity contribution in [2.24, 2.45) is 0 Å². The van der Waals surface area contributed by atoms with Crippen molar-refractivity contribution in [3.63, 3.8) is 0 Å². The molecule has 7 nitrogen and oxygen atoms in total. The fourth-order valence-electron chi connectivity index (χ4n) is 3.95. The van der Waals surface area contributed by atoms with Crippen molar-refractivity contribution < 1.29 is 22.7 Å². The van der Waals surface area contributed by atoms with Crippen molar-refractivity contribution in [1.29, 1.82) is 0 Å². The molecule has 0 bridgehead atoms. The lowest BCUT2D eigenvalue weighted by atomic mass is 9.91. The minimum absolute atomic E-state index is 0.0910. The van der Waals surface area contributed by atoms with Gasteiger partial charge in [-0.05, 0) is 76.9 Å². The molecule has 8 heteroatoms. The first-order valence-electron chi connectivity index (χ1n) is 11.3. The summed E-state index contributed by atoms with van der Waals surface area (Å²) in [6.07, 6.45) is 3.43. The number of benzene rings is 1. The average molecular weight is 465 g/mol. The summed E-state index contributed by atoms with van der Waals surface area (Å²) in [5.41, 5.74) is 0. The van der Waals surface area contributed by atoms with Crippen molar-refractivity contribution in [3.05, 3.63) is 24.3 Å². The second kappa shape index (κ2) is 12.2. The molecule has 1 fully saturated rings. The summed E-state index contributed by atoms with van der Waals surface area (Å²) in [5.74, 6) is 5.53. The van der Waals surface area contributed by atoms with Crippen LogP contribution in [0.15, 0.2) is 29.2 Å². The molecule has 0 aromatic heterocycles. The number of sulfonamides is 1. The topological polar surface area (TPSA) is 76.2 Å². The lowest BCUT2D eigenvalue weighted by molar-refractivity contribution is -0.154. The molecule has 178 valence electrons. The molecule has 1 aliphatic rings. The summed E-state index contributed by atoms with van der Waals surface area (Å²) < 4.78 is 38.1. The molecule has 0 heterocycles. The Hall–Kier alpha value is -2.08. The van der Waals surface area contributed by atoms with E-state index < -0.39 is 22.0 Å². The van der Waals surface area contributed by atoms with Crippen LogP contribution in [0.3, 0.4) is 0 Å².